The number of anilines is 1. The Morgan fingerprint density at radius 1 is 1.19 bits per heavy atom. The lowest BCUT2D eigenvalue weighted by Gasteiger charge is -2.12. The van der Waals surface area contributed by atoms with Crippen LogP contribution < -0.4 is 10.1 Å². The first-order valence-corrected chi connectivity index (χ1v) is 6.90. The number of carboxylic acid groups (broad SMARTS) is 1. The van der Waals surface area contributed by atoms with Crippen molar-refractivity contribution in [3.05, 3.63) is 59.2 Å². The maximum absolute atomic E-state index is 11.1. The van der Waals surface area contributed by atoms with Gasteiger partial charge < -0.3 is 15.2 Å². The summed E-state index contributed by atoms with van der Waals surface area (Å²) in [4.78, 5) is 11.1. The molecule has 0 heterocycles. The molecule has 2 rings (SSSR count). The summed E-state index contributed by atoms with van der Waals surface area (Å²) in [6.45, 7) is 5.05. The molecule has 0 spiro atoms. The Morgan fingerprint density at radius 3 is 2.52 bits per heavy atom. The van der Waals surface area contributed by atoms with Gasteiger partial charge in [0.05, 0.1) is 12.2 Å². The first kappa shape index (κ1) is 14.9. The molecule has 0 bridgehead atoms. The van der Waals surface area contributed by atoms with Crippen LogP contribution in [-0.4, -0.2) is 17.7 Å². The lowest BCUT2D eigenvalue weighted by molar-refractivity contribution is 0.0696. The highest BCUT2D eigenvalue weighted by atomic mass is 16.5. The van der Waals surface area contributed by atoms with Crippen molar-refractivity contribution in [3.63, 3.8) is 0 Å². The molecule has 2 aromatic carbocycles. The van der Waals surface area contributed by atoms with E-state index in [4.69, 9.17) is 9.84 Å². The second-order valence-electron chi connectivity index (χ2n) is 4.71. The van der Waals surface area contributed by atoms with Gasteiger partial charge in [-0.25, -0.2) is 4.79 Å². The normalized spacial score (nSPS) is 10.2. The number of benzene rings is 2. The number of nitrogens with one attached hydrogen (secondary N) is 1. The molecule has 0 amide bonds. The molecule has 21 heavy (non-hydrogen) atoms. The van der Waals surface area contributed by atoms with Gasteiger partial charge in [0, 0.05) is 12.2 Å². The fraction of sp³-hybridized carbons (Fsp3) is 0.235. The summed E-state index contributed by atoms with van der Waals surface area (Å²) in [6.07, 6.45) is 0. The van der Waals surface area contributed by atoms with Gasteiger partial charge in [-0.05, 0) is 49.2 Å². The third kappa shape index (κ3) is 3.75. The fourth-order valence-electron chi connectivity index (χ4n) is 2.13. The van der Waals surface area contributed by atoms with Gasteiger partial charge in [0.2, 0.25) is 0 Å². The molecular formula is C17H19NO3. The van der Waals surface area contributed by atoms with E-state index in [1.807, 2.05) is 44.2 Å². The van der Waals surface area contributed by atoms with Crippen LogP contribution >= 0.6 is 0 Å². The molecular weight excluding hydrogens is 266 g/mol. The summed E-state index contributed by atoms with van der Waals surface area (Å²) < 4.78 is 5.40. The highest BCUT2D eigenvalue weighted by Crippen LogP contribution is 2.20. The Balaban J connectivity index is 2.06. The minimum Gasteiger partial charge on any atom is -0.494 e. The van der Waals surface area contributed by atoms with Gasteiger partial charge in [0.25, 0.3) is 0 Å². The molecule has 0 radical (unpaired) electrons. The maximum Gasteiger partial charge on any atom is 0.336 e. The summed E-state index contributed by atoms with van der Waals surface area (Å²) >= 11 is 0. The Morgan fingerprint density at radius 2 is 1.90 bits per heavy atom. The number of hydrogen-bond acceptors (Lipinski definition) is 3. The number of carbonyl (C=O) groups is 1. The number of rotatable bonds is 6. The molecule has 110 valence electrons. The monoisotopic (exact) mass is 285 g/mol. The van der Waals surface area contributed by atoms with Crippen molar-refractivity contribution in [1.82, 2.24) is 0 Å². The van der Waals surface area contributed by atoms with Crippen LogP contribution in [0.25, 0.3) is 0 Å². The number of carboxylic acids is 1. The van der Waals surface area contributed by atoms with Crippen LogP contribution in [0, 0.1) is 6.92 Å². The van der Waals surface area contributed by atoms with Crippen molar-refractivity contribution in [3.8, 4) is 5.75 Å². The minimum absolute atomic E-state index is 0.326. The number of hydrogen-bond donors (Lipinski definition) is 2. The molecule has 4 nitrogen and oxygen atoms in total. The van der Waals surface area contributed by atoms with E-state index in [0.29, 0.717) is 18.7 Å². The van der Waals surface area contributed by atoms with Crippen LogP contribution in [0.4, 0.5) is 5.69 Å². The zero-order valence-electron chi connectivity index (χ0n) is 12.2. The van der Waals surface area contributed by atoms with Crippen LogP contribution in [0.2, 0.25) is 0 Å². The summed E-state index contributed by atoms with van der Waals surface area (Å²) in [5.74, 6) is -0.0532. The van der Waals surface area contributed by atoms with Gasteiger partial charge in [-0.15, -0.1) is 0 Å². The van der Waals surface area contributed by atoms with E-state index in [1.165, 1.54) is 0 Å². The van der Waals surface area contributed by atoms with Gasteiger partial charge >= 0.3 is 5.97 Å². The Labute approximate surface area is 124 Å². The summed E-state index contributed by atoms with van der Waals surface area (Å²) in [5.41, 5.74) is 3.02. The third-order valence-electron chi connectivity index (χ3n) is 3.28. The highest BCUT2D eigenvalue weighted by Gasteiger charge is 2.09. The molecule has 2 N–H and O–H groups in total. The topological polar surface area (TPSA) is 58.6 Å². The first-order valence-electron chi connectivity index (χ1n) is 6.90. The third-order valence-corrected chi connectivity index (χ3v) is 3.28. The Kier molecular flexibility index (Phi) is 4.82. The van der Waals surface area contributed by atoms with E-state index in [0.717, 1.165) is 22.6 Å². The minimum atomic E-state index is -0.905. The summed E-state index contributed by atoms with van der Waals surface area (Å²) in [5, 5.41) is 12.4. The smallest absolute Gasteiger partial charge is 0.336 e. The van der Waals surface area contributed by atoms with E-state index in [1.54, 1.807) is 12.1 Å². The van der Waals surface area contributed by atoms with Crippen molar-refractivity contribution < 1.29 is 14.6 Å². The summed E-state index contributed by atoms with van der Waals surface area (Å²) in [7, 11) is 0. The largest absolute Gasteiger partial charge is 0.494 e. The standard InChI is InChI=1S/C17H19NO3/c1-3-21-14-9-7-13(8-10-14)11-18-16-6-4-5-15(12(16)2)17(19)20/h4-10,18H,3,11H2,1-2H3,(H,19,20). The molecule has 0 saturated heterocycles. The van der Waals surface area contributed by atoms with Crippen LogP contribution in [0.3, 0.4) is 0 Å². The van der Waals surface area contributed by atoms with Crippen LogP contribution in [-0.2, 0) is 6.54 Å². The molecule has 0 aliphatic rings. The van der Waals surface area contributed by atoms with Gasteiger partial charge in [-0.3, -0.25) is 0 Å². The van der Waals surface area contributed by atoms with Gasteiger partial charge in [0.1, 0.15) is 5.75 Å². The van der Waals surface area contributed by atoms with Gasteiger partial charge in [-0.2, -0.15) is 0 Å². The van der Waals surface area contributed by atoms with E-state index in [-0.39, 0.29) is 0 Å². The van der Waals surface area contributed by atoms with Crippen molar-refractivity contribution in [1.29, 1.82) is 0 Å². The van der Waals surface area contributed by atoms with Crippen molar-refractivity contribution in [2.24, 2.45) is 0 Å². The fourth-order valence-corrected chi connectivity index (χ4v) is 2.13. The van der Waals surface area contributed by atoms with Gasteiger partial charge in [-0.1, -0.05) is 18.2 Å². The van der Waals surface area contributed by atoms with Crippen molar-refractivity contribution in [2.75, 3.05) is 11.9 Å². The van der Waals surface area contributed by atoms with Crippen molar-refractivity contribution >= 4 is 11.7 Å². The average molecular weight is 285 g/mol. The van der Waals surface area contributed by atoms with Crippen LogP contribution in [0.1, 0.15) is 28.4 Å². The predicted molar refractivity (Wildman–Crippen MR) is 83.1 cm³/mol. The molecule has 0 unspecified atom stereocenters. The van der Waals surface area contributed by atoms with Crippen LogP contribution in [0.5, 0.6) is 5.75 Å². The molecule has 4 heteroatoms. The lowest BCUT2D eigenvalue weighted by Crippen LogP contribution is -2.05. The molecule has 0 atom stereocenters. The average Bonchev–Trinajstić information content (AvgIpc) is 2.48. The maximum atomic E-state index is 11.1. The molecule has 0 saturated carbocycles. The lowest BCUT2D eigenvalue weighted by atomic mass is 10.1. The molecule has 0 aromatic heterocycles. The zero-order valence-corrected chi connectivity index (χ0v) is 12.2. The SMILES string of the molecule is CCOc1ccc(CNc2cccc(C(=O)O)c2C)cc1. The molecule has 0 aliphatic carbocycles. The quantitative estimate of drug-likeness (QED) is 0.849. The Hall–Kier alpha value is -2.49. The van der Waals surface area contributed by atoms with Crippen LogP contribution in [0.15, 0.2) is 42.5 Å². The predicted octanol–water partition coefficient (Wildman–Crippen LogP) is 3.70. The Bertz CT molecular complexity index is 620. The second kappa shape index (κ2) is 6.79. The van der Waals surface area contributed by atoms with E-state index < -0.39 is 5.97 Å². The second-order valence-corrected chi connectivity index (χ2v) is 4.71. The van der Waals surface area contributed by atoms with Gasteiger partial charge in [0.15, 0.2) is 0 Å². The zero-order chi connectivity index (χ0) is 15.2. The first-order chi connectivity index (χ1) is 10.1. The molecule has 0 aliphatic heterocycles. The van der Waals surface area contributed by atoms with E-state index in [2.05, 4.69) is 5.32 Å². The highest BCUT2D eigenvalue weighted by molar-refractivity contribution is 5.91. The van der Waals surface area contributed by atoms with E-state index in [9.17, 15) is 4.79 Å². The summed E-state index contributed by atoms with van der Waals surface area (Å²) in [6, 6.07) is 13.1. The number of aromatic carboxylic acids is 1. The number of ether oxygens (including phenoxy) is 1. The van der Waals surface area contributed by atoms with Crippen molar-refractivity contribution in [2.45, 2.75) is 20.4 Å². The molecule has 0 fully saturated rings. The van der Waals surface area contributed by atoms with E-state index >= 15 is 0 Å². The molecule has 2 aromatic rings.